The van der Waals surface area contributed by atoms with Crippen molar-refractivity contribution in [1.82, 2.24) is 5.32 Å². The summed E-state index contributed by atoms with van der Waals surface area (Å²) in [5.41, 5.74) is 0.510. The third-order valence-corrected chi connectivity index (χ3v) is 2.77. The molecule has 0 aliphatic carbocycles. The van der Waals surface area contributed by atoms with Crippen molar-refractivity contribution in [2.24, 2.45) is 0 Å². The number of amides is 1. The number of thioether (sulfide) groups is 1. The Bertz CT molecular complexity index is 195. The fourth-order valence-electron chi connectivity index (χ4n) is 0.806. The van der Waals surface area contributed by atoms with E-state index in [2.05, 4.69) is 18.8 Å². The summed E-state index contributed by atoms with van der Waals surface area (Å²) in [6, 6.07) is 0. The zero-order chi connectivity index (χ0) is 11.5. The van der Waals surface area contributed by atoms with E-state index in [9.17, 15) is 4.79 Å². The Balaban J connectivity index is 3.11. The molecular weight excluding hydrogens is 210 g/mol. The third kappa shape index (κ3) is 9.82. The number of unbranched alkanes of at least 4 members (excludes halogenated alkanes) is 1. The molecule has 0 bridgehead atoms. The van der Waals surface area contributed by atoms with E-state index < -0.39 is 0 Å². The summed E-state index contributed by atoms with van der Waals surface area (Å²) in [7, 11) is 0. The molecule has 0 saturated heterocycles. The van der Waals surface area contributed by atoms with Crippen molar-refractivity contribution in [3.8, 4) is 0 Å². The maximum Gasteiger partial charge on any atom is 0.248 e. The van der Waals surface area contributed by atoms with Gasteiger partial charge in [0.05, 0.1) is 6.61 Å². The highest BCUT2D eigenvalue weighted by atomic mass is 32.2. The zero-order valence-corrected chi connectivity index (χ0v) is 10.5. The normalized spacial score (nSPS) is 10.0. The minimum atomic E-state index is -0.145. The van der Waals surface area contributed by atoms with Gasteiger partial charge in [-0.1, -0.05) is 19.9 Å². The van der Waals surface area contributed by atoms with E-state index >= 15 is 0 Å². The Morgan fingerprint density at radius 3 is 2.80 bits per heavy atom. The molecule has 0 aromatic rings. The van der Waals surface area contributed by atoms with Gasteiger partial charge in [0, 0.05) is 11.3 Å². The number of carbonyl (C=O) groups is 1. The Hall–Kier alpha value is -0.480. The van der Waals surface area contributed by atoms with E-state index in [1.807, 2.05) is 11.8 Å². The second-order valence-electron chi connectivity index (χ2n) is 3.30. The molecule has 3 nitrogen and oxygen atoms in total. The number of hydrogen-bond donors (Lipinski definition) is 1. The second kappa shape index (κ2) is 10.1. The average molecular weight is 231 g/mol. The quantitative estimate of drug-likeness (QED) is 0.375. The second-order valence-corrected chi connectivity index (χ2v) is 4.53. The Labute approximate surface area is 96.6 Å². The monoisotopic (exact) mass is 231 g/mol. The number of ether oxygens (including phenoxy) is 1. The highest BCUT2D eigenvalue weighted by molar-refractivity contribution is 7.99. The van der Waals surface area contributed by atoms with E-state index in [0.717, 1.165) is 5.75 Å². The van der Waals surface area contributed by atoms with Crippen LogP contribution < -0.4 is 5.32 Å². The fraction of sp³-hybridized carbons (Fsp3) is 0.727. The first kappa shape index (κ1) is 14.5. The summed E-state index contributed by atoms with van der Waals surface area (Å²) < 4.78 is 5.24. The molecule has 0 aromatic carbocycles. The summed E-state index contributed by atoms with van der Waals surface area (Å²) in [4.78, 5) is 11.0. The number of hydrogen-bond acceptors (Lipinski definition) is 3. The Morgan fingerprint density at radius 2 is 2.20 bits per heavy atom. The molecule has 0 rings (SSSR count). The maximum absolute atomic E-state index is 11.0. The lowest BCUT2D eigenvalue weighted by Crippen LogP contribution is -2.26. The van der Waals surface area contributed by atoms with E-state index in [0.29, 0.717) is 12.2 Å². The van der Waals surface area contributed by atoms with Crippen LogP contribution in [0.4, 0.5) is 0 Å². The van der Waals surface area contributed by atoms with Crippen molar-refractivity contribution in [2.75, 3.05) is 24.8 Å². The van der Waals surface area contributed by atoms with E-state index in [-0.39, 0.29) is 12.6 Å². The minimum absolute atomic E-state index is 0.145. The van der Waals surface area contributed by atoms with Gasteiger partial charge in [0.2, 0.25) is 5.91 Å². The highest BCUT2D eigenvalue weighted by Crippen LogP contribution is 2.03. The van der Waals surface area contributed by atoms with E-state index in [1.54, 1.807) is 6.92 Å². The van der Waals surface area contributed by atoms with Crippen LogP contribution in [0.15, 0.2) is 12.2 Å². The van der Waals surface area contributed by atoms with Gasteiger partial charge >= 0.3 is 0 Å². The number of rotatable bonds is 9. The van der Waals surface area contributed by atoms with Crippen molar-refractivity contribution in [1.29, 1.82) is 0 Å². The highest BCUT2D eigenvalue weighted by Gasteiger charge is 1.98. The van der Waals surface area contributed by atoms with Gasteiger partial charge in [-0.25, -0.2) is 0 Å². The molecule has 15 heavy (non-hydrogen) atoms. The first-order valence-electron chi connectivity index (χ1n) is 5.27. The molecule has 0 atom stereocenters. The first-order chi connectivity index (χ1) is 7.18. The number of nitrogens with one attached hydrogen (secondary N) is 1. The number of carbonyl (C=O) groups excluding carboxylic acids is 1. The molecule has 0 aliphatic heterocycles. The van der Waals surface area contributed by atoms with Crippen LogP contribution in [0, 0.1) is 0 Å². The van der Waals surface area contributed by atoms with Crippen molar-refractivity contribution >= 4 is 17.7 Å². The van der Waals surface area contributed by atoms with Gasteiger partial charge in [-0.3, -0.25) is 4.79 Å². The van der Waals surface area contributed by atoms with Crippen molar-refractivity contribution < 1.29 is 9.53 Å². The summed E-state index contributed by atoms with van der Waals surface area (Å²) >= 11 is 1.89. The zero-order valence-electron chi connectivity index (χ0n) is 9.67. The van der Waals surface area contributed by atoms with E-state index in [4.69, 9.17) is 4.74 Å². The largest absolute Gasteiger partial charge is 0.360 e. The molecule has 0 heterocycles. The molecule has 0 saturated carbocycles. The van der Waals surface area contributed by atoms with Gasteiger partial charge in [-0.15, -0.1) is 0 Å². The Morgan fingerprint density at radius 1 is 1.47 bits per heavy atom. The molecule has 0 aliphatic rings. The van der Waals surface area contributed by atoms with Gasteiger partial charge in [0.1, 0.15) is 6.73 Å². The molecule has 0 spiro atoms. The third-order valence-electron chi connectivity index (χ3n) is 1.74. The fourth-order valence-corrected chi connectivity index (χ4v) is 1.74. The minimum Gasteiger partial charge on any atom is -0.360 e. The van der Waals surface area contributed by atoms with Crippen molar-refractivity contribution in [3.63, 3.8) is 0 Å². The van der Waals surface area contributed by atoms with Crippen molar-refractivity contribution in [2.45, 2.75) is 26.7 Å². The Kier molecular flexibility index (Phi) is 9.73. The first-order valence-corrected chi connectivity index (χ1v) is 6.43. The van der Waals surface area contributed by atoms with Crippen LogP contribution in [0.1, 0.15) is 26.7 Å². The van der Waals surface area contributed by atoms with Gasteiger partial charge < -0.3 is 10.1 Å². The SMILES string of the molecule is C=C(C)C(=O)NCOCCSCCCC. The standard InChI is InChI=1S/C11H21NO2S/c1-4-5-7-15-8-6-14-9-12-11(13)10(2)3/h2,4-9H2,1,3H3,(H,12,13). The average Bonchev–Trinajstić information content (AvgIpc) is 2.21. The van der Waals surface area contributed by atoms with Crippen LogP contribution in [0.25, 0.3) is 0 Å². The molecule has 0 unspecified atom stereocenters. The molecule has 1 amide bonds. The van der Waals surface area contributed by atoms with Gasteiger partial charge in [-0.05, 0) is 19.1 Å². The molecule has 1 N–H and O–H groups in total. The maximum atomic E-state index is 11.0. The predicted octanol–water partition coefficient (Wildman–Crippen LogP) is 2.19. The lowest BCUT2D eigenvalue weighted by Gasteiger charge is -2.05. The van der Waals surface area contributed by atoms with Gasteiger partial charge in [0.15, 0.2) is 0 Å². The lowest BCUT2D eigenvalue weighted by molar-refractivity contribution is -0.119. The summed E-state index contributed by atoms with van der Waals surface area (Å²) in [5, 5.41) is 2.61. The van der Waals surface area contributed by atoms with Crippen LogP contribution in [-0.2, 0) is 9.53 Å². The molecule has 0 fully saturated rings. The van der Waals surface area contributed by atoms with Crippen LogP contribution in [-0.4, -0.2) is 30.8 Å². The van der Waals surface area contributed by atoms with E-state index in [1.165, 1.54) is 18.6 Å². The summed E-state index contributed by atoms with van der Waals surface area (Å²) in [6.07, 6.45) is 2.50. The smallest absolute Gasteiger partial charge is 0.248 e. The molecular formula is C11H21NO2S. The predicted molar refractivity (Wildman–Crippen MR) is 66.0 cm³/mol. The topological polar surface area (TPSA) is 38.3 Å². The van der Waals surface area contributed by atoms with Crippen LogP contribution in [0.2, 0.25) is 0 Å². The molecule has 0 aromatic heterocycles. The van der Waals surface area contributed by atoms with Crippen LogP contribution in [0.5, 0.6) is 0 Å². The molecule has 0 radical (unpaired) electrons. The van der Waals surface area contributed by atoms with Crippen LogP contribution in [0.3, 0.4) is 0 Å². The van der Waals surface area contributed by atoms with Gasteiger partial charge in [0.25, 0.3) is 0 Å². The van der Waals surface area contributed by atoms with Gasteiger partial charge in [-0.2, -0.15) is 11.8 Å². The van der Waals surface area contributed by atoms with Crippen LogP contribution >= 0.6 is 11.8 Å². The molecule has 4 heteroatoms. The lowest BCUT2D eigenvalue weighted by atomic mass is 10.3. The summed E-state index contributed by atoms with van der Waals surface area (Å²) in [6.45, 7) is 8.36. The van der Waals surface area contributed by atoms with Crippen molar-refractivity contribution in [3.05, 3.63) is 12.2 Å². The summed E-state index contributed by atoms with van der Waals surface area (Å²) in [5.74, 6) is 2.04. The molecule has 88 valence electrons.